The molecule has 0 unspecified atom stereocenters. The van der Waals surface area contributed by atoms with E-state index in [1.54, 1.807) is 0 Å². The fourth-order valence-electron chi connectivity index (χ4n) is 2.36. The van der Waals surface area contributed by atoms with Gasteiger partial charge in [0.15, 0.2) is 0 Å². The minimum absolute atomic E-state index is 0. The Balaban J connectivity index is 0. The van der Waals surface area contributed by atoms with Crippen LogP contribution < -0.4 is 12.4 Å². The molecule has 0 saturated carbocycles. The molecule has 0 heterocycles. The zero-order valence-corrected chi connectivity index (χ0v) is 13.7. The SMILES string of the molecule is CCCC[P+](CCO)(CCCC)CCCC.[Cl-]. The van der Waals surface area contributed by atoms with Gasteiger partial charge in [-0.05, 0) is 19.3 Å². The van der Waals surface area contributed by atoms with Crippen LogP contribution in [0.1, 0.15) is 59.3 Å². The normalized spacial score (nSPS) is 11.3. The summed E-state index contributed by atoms with van der Waals surface area (Å²) >= 11 is 0. The highest BCUT2D eigenvalue weighted by molar-refractivity contribution is 7.75. The maximum absolute atomic E-state index is 9.33. The molecule has 17 heavy (non-hydrogen) atoms. The molecular formula is C14H32ClOP. The Kier molecular flexibility index (Phi) is 15.4. The predicted molar refractivity (Wildman–Crippen MR) is 78.2 cm³/mol. The summed E-state index contributed by atoms with van der Waals surface area (Å²) in [6.07, 6.45) is 13.5. The molecular weight excluding hydrogens is 251 g/mol. The summed E-state index contributed by atoms with van der Waals surface area (Å²) in [4.78, 5) is 0. The van der Waals surface area contributed by atoms with E-state index >= 15 is 0 Å². The van der Waals surface area contributed by atoms with Crippen molar-refractivity contribution in [1.29, 1.82) is 0 Å². The van der Waals surface area contributed by atoms with Crippen molar-refractivity contribution in [1.82, 2.24) is 0 Å². The molecule has 1 nitrogen and oxygen atoms in total. The average Bonchev–Trinajstić information content (AvgIpc) is 2.31. The summed E-state index contributed by atoms with van der Waals surface area (Å²) < 4.78 is 0. The standard InChI is InChI=1S/C14H32OP.ClH/c1-4-7-11-16(14-10-15,12-8-5-2)13-9-6-3;/h15H,4-14H2,1-3H3;1H/q+1;/p-1. The quantitative estimate of drug-likeness (QED) is 0.568. The maximum Gasteiger partial charge on any atom is 0.0825 e. The second-order valence-electron chi connectivity index (χ2n) is 5.02. The van der Waals surface area contributed by atoms with Gasteiger partial charge in [0.2, 0.25) is 0 Å². The molecule has 0 radical (unpaired) electrons. The summed E-state index contributed by atoms with van der Waals surface area (Å²) in [6, 6.07) is 0. The number of aliphatic hydroxyl groups excluding tert-OH is 1. The topological polar surface area (TPSA) is 20.2 Å². The Morgan fingerprint density at radius 3 is 1.29 bits per heavy atom. The number of hydrogen-bond acceptors (Lipinski definition) is 1. The van der Waals surface area contributed by atoms with Crippen LogP contribution in [0.3, 0.4) is 0 Å². The lowest BCUT2D eigenvalue weighted by Gasteiger charge is -2.27. The molecule has 0 amide bonds. The van der Waals surface area contributed by atoms with Gasteiger partial charge in [0, 0.05) is 7.26 Å². The highest BCUT2D eigenvalue weighted by Gasteiger charge is 2.34. The minimum Gasteiger partial charge on any atom is -1.00 e. The van der Waals surface area contributed by atoms with Gasteiger partial charge in [-0.3, -0.25) is 0 Å². The lowest BCUT2D eigenvalue weighted by atomic mass is 10.4. The molecule has 0 aromatic heterocycles. The minimum atomic E-state index is -0.796. The zero-order chi connectivity index (χ0) is 12.3. The molecule has 0 saturated heterocycles. The van der Waals surface area contributed by atoms with Gasteiger partial charge in [0.25, 0.3) is 0 Å². The highest BCUT2D eigenvalue weighted by atomic mass is 35.5. The van der Waals surface area contributed by atoms with Crippen molar-refractivity contribution in [3.05, 3.63) is 0 Å². The molecule has 0 aromatic carbocycles. The van der Waals surface area contributed by atoms with E-state index in [0.29, 0.717) is 6.61 Å². The van der Waals surface area contributed by atoms with Crippen LogP contribution in [0.2, 0.25) is 0 Å². The van der Waals surface area contributed by atoms with Crippen LogP contribution in [0.4, 0.5) is 0 Å². The Hall–Kier alpha value is 0.680. The van der Waals surface area contributed by atoms with Crippen molar-refractivity contribution in [3.8, 4) is 0 Å². The third kappa shape index (κ3) is 9.28. The van der Waals surface area contributed by atoms with Crippen LogP contribution in [-0.4, -0.2) is 36.4 Å². The van der Waals surface area contributed by atoms with E-state index in [4.69, 9.17) is 0 Å². The van der Waals surface area contributed by atoms with Crippen LogP contribution in [0, 0.1) is 0 Å². The van der Waals surface area contributed by atoms with Crippen LogP contribution in [0.25, 0.3) is 0 Å². The first-order chi connectivity index (χ1) is 7.74. The zero-order valence-electron chi connectivity index (χ0n) is 12.1. The average molecular weight is 283 g/mol. The van der Waals surface area contributed by atoms with Crippen LogP contribution >= 0.6 is 7.26 Å². The molecule has 0 atom stereocenters. The van der Waals surface area contributed by atoms with E-state index in [0.717, 1.165) is 6.16 Å². The number of hydrogen-bond donors (Lipinski definition) is 1. The van der Waals surface area contributed by atoms with Gasteiger partial charge in [0.05, 0.1) is 31.3 Å². The monoisotopic (exact) mass is 282 g/mol. The summed E-state index contributed by atoms with van der Waals surface area (Å²) in [5.41, 5.74) is 0. The summed E-state index contributed by atoms with van der Waals surface area (Å²) in [7, 11) is -0.796. The third-order valence-corrected chi connectivity index (χ3v) is 8.48. The Morgan fingerprint density at radius 1 is 0.706 bits per heavy atom. The number of aliphatic hydroxyl groups is 1. The van der Waals surface area contributed by atoms with Crippen molar-refractivity contribution in [3.63, 3.8) is 0 Å². The lowest BCUT2D eigenvalue weighted by Crippen LogP contribution is -3.00. The molecule has 0 fully saturated rings. The van der Waals surface area contributed by atoms with Gasteiger partial charge in [-0.1, -0.05) is 40.0 Å². The van der Waals surface area contributed by atoms with E-state index < -0.39 is 7.26 Å². The second-order valence-corrected chi connectivity index (χ2v) is 9.49. The van der Waals surface area contributed by atoms with Crippen molar-refractivity contribution >= 4 is 7.26 Å². The Labute approximate surface area is 116 Å². The van der Waals surface area contributed by atoms with E-state index in [2.05, 4.69) is 20.8 Å². The molecule has 0 aliphatic carbocycles. The summed E-state index contributed by atoms with van der Waals surface area (Å²) in [5, 5.41) is 9.33. The van der Waals surface area contributed by atoms with Crippen molar-refractivity contribution in [2.75, 3.05) is 31.3 Å². The summed E-state index contributed by atoms with van der Waals surface area (Å²) in [6.45, 7) is 7.28. The number of rotatable bonds is 11. The largest absolute Gasteiger partial charge is 1.00 e. The molecule has 0 aliphatic heterocycles. The number of halogens is 1. The molecule has 0 aromatic rings. The predicted octanol–water partition coefficient (Wildman–Crippen LogP) is 1.40. The molecule has 1 N–H and O–H groups in total. The Bertz CT molecular complexity index is 131. The fraction of sp³-hybridized carbons (Fsp3) is 1.00. The fourth-order valence-corrected chi connectivity index (χ4v) is 7.09. The van der Waals surface area contributed by atoms with Gasteiger partial charge in [0.1, 0.15) is 0 Å². The highest BCUT2D eigenvalue weighted by Crippen LogP contribution is 2.60. The lowest BCUT2D eigenvalue weighted by molar-refractivity contribution is -0.00000490. The third-order valence-electron chi connectivity index (χ3n) is 3.53. The van der Waals surface area contributed by atoms with Crippen LogP contribution in [0.5, 0.6) is 0 Å². The summed E-state index contributed by atoms with van der Waals surface area (Å²) in [5.74, 6) is 0. The first-order valence-corrected chi connectivity index (χ1v) is 9.73. The van der Waals surface area contributed by atoms with Gasteiger partial charge < -0.3 is 17.5 Å². The molecule has 0 rings (SSSR count). The van der Waals surface area contributed by atoms with Gasteiger partial charge in [-0.2, -0.15) is 0 Å². The van der Waals surface area contributed by atoms with Crippen molar-refractivity contribution in [2.24, 2.45) is 0 Å². The smallest absolute Gasteiger partial charge is 0.0825 e. The van der Waals surface area contributed by atoms with Crippen molar-refractivity contribution < 1.29 is 17.5 Å². The van der Waals surface area contributed by atoms with Crippen LogP contribution in [-0.2, 0) is 0 Å². The maximum atomic E-state index is 9.33. The van der Waals surface area contributed by atoms with E-state index in [1.807, 2.05) is 0 Å². The molecule has 0 aliphatic rings. The van der Waals surface area contributed by atoms with E-state index in [9.17, 15) is 5.11 Å². The van der Waals surface area contributed by atoms with E-state index in [-0.39, 0.29) is 12.4 Å². The van der Waals surface area contributed by atoms with Gasteiger partial charge in [-0.15, -0.1) is 0 Å². The van der Waals surface area contributed by atoms with E-state index in [1.165, 1.54) is 57.0 Å². The first-order valence-electron chi connectivity index (χ1n) is 7.20. The van der Waals surface area contributed by atoms with Crippen molar-refractivity contribution in [2.45, 2.75) is 59.3 Å². The first kappa shape index (κ1) is 20.0. The van der Waals surface area contributed by atoms with Crippen LogP contribution in [0.15, 0.2) is 0 Å². The second kappa shape index (κ2) is 13.1. The van der Waals surface area contributed by atoms with Gasteiger partial charge >= 0.3 is 0 Å². The molecule has 106 valence electrons. The van der Waals surface area contributed by atoms with Gasteiger partial charge in [-0.25, -0.2) is 0 Å². The Morgan fingerprint density at radius 2 is 1.06 bits per heavy atom. The molecule has 0 bridgehead atoms. The number of unbranched alkanes of at least 4 members (excludes halogenated alkanes) is 3. The molecule has 0 spiro atoms. The molecule has 3 heteroatoms.